The molecule has 1 N–H and O–H groups in total. The summed E-state index contributed by atoms with van der Waals surface area (Å²) in [6.07, 6.45) is 4.02. The molecule has 0 aliphatic carbocycles. The van der Waals surface area contributed by atoms with Gasteiger partial charge in [-0.2, -0.15) is 0 Å². The molecule has 0 saturated carbocycles. The van der Waals surface area contributed by atoms with Crippen molar-refractivity contribution in [3.8, 4) is 0 Å². The first-order valence-electron chi connectivity index (χ1n) is 7.00. The SMILES string of the molecule is O=C(Nc1ccc(N2CCCC2)cc1)c1ccnc(Cl)c1. The molecule has 1 aliphatic heterocycles. The standard InChI is InChI=1S/C16H16ClN3O/c17-15-11-12(7-8-18-15)16(21)19-13-3-5-14(6-4-13)20-9-1-2-10-20/h3-8,11H,1-2,9-10H2,(H,19,21). The highest BCUT2D eigenvalue weighted by Gasteiger charge is 2.12. The molecule has 108 valence electrons. The van der Waals surface area contributed by atoms with Crippen LogP contribution in [0.1, 0.15) is 23.2 Å². The summed E-state index contributed by atoms with van der Waals surface area (Å²) in [6, 6.07) is 11.1. The van der Waals surface area contributed by atoms with Crippen molar-refractivity contribution in [2.24, 2.45) is 0 Å². The summed E-state index contributed by atoms with van der Waals surface area (Å²) in [5.74, 6) is -0.187. The van der Waals surface area contributed by atoms with E-state index in [9.17, 15) is 4.79 Å². The predicted molar refractivity (Wildman–Crippen MR) is 85.1 cm³/mol. The van der Waals surface area contributed by atoms with Crippen LogP contribution in [0.4, 0.5) is 11.4 Å². The quantitative estimate of drug-likeness (QED) is 0.881. The van der Waals surface area contributed by atoms with Gasteiger partial charge in [-0.05, 0) is 49.2 Å². The molecule has 1 amide bonds. The van der Waals surface area contributed by atoms with Gasteiger partial charge in [-0.3, -0.25) is 4.79 Å². The van der Waals surface area contributed by atoms with Crippen molar-refractivity contribution in [1.29, 1.82) is 0 Å². The van der Waals surface area contributed by atoms with Gasteiger partial charge in [-0.25, -0.2) is 4.98 Å². The van der Waals surface area contributed by atoms with Crippen molar-refractivity contribution in [3.05, 3.63) is 53.3 Å². The lowest BCUT2D eigenvalue weighted by atomic mass is 10.2. The lowest BCUT2D eigenvalue weighted by Crippen LogP contribution is -2.17. The third kappa shape index (κ3) is 3.34. The molecule has 1 aromatic carbocycles. The number of anilines is 2. The average Bonchev–Trinajstić information content (AvgIpc) is 3.02. The van der Waals surface area contributed by atoms with Gasteiger partial charge >= 0.3 is 0 Å². The number of aromatic nitrogens is 1. The van der Waals surface area contributed by atoms with Crippen molar-refractivity contribution in [2.75, 3.05) is 23.3 Å². The molecule has 1 saturated heterocycles. The minimum absolute atomic E-state index is 0.187. The smallest absolute Gasteiger partial charge is 0.255 e. The Kier molecular flexibility index (Phi) is 4.06. The number of carbonyl (C=O) groups is 1. The molecule has 0 radical (unpaired) electrons. The van der Waals surface area contributed by atoms with Gasteiger partial charge in [-0.1, -0.05) is 11.6 Å². The molecule has 1 aromatic heterocycles. The summed E-state index contributed by atoms with van der Waals surface area (Å²) < 4.78 is 0. The van der Waals surface area contributed by atoms with Gasteiger partial charge in [0.15, 0.2) is 0 Å². The van der Waals surface area contributed by atoms with Gasteiger partial charge in [0, 0.05) is 36.2 Å². The second-order valence-corrected chi connectivity index (χ2v) is 5.45. The second kappa shape index (κ2) is 6.14. The van der Waals surface area contributed by atoms with Gasteiger partial charge in [0.25, 0.3) is 5.91 Å². The van der Waals surface area contributed by atoms with Crippen LogP contribution in [0.2, 0.25) is 5.15 Å². The number of nitrogens with zero attached hydrogens (tertiary/aromatic N) is 2. The van der Waals surface area contributed by atoms with E-state index in [4.69, 9.17) is 11.6 Å². The lowest BCUT2D eigenvalue weighted by molar-refractivity contribution is 0.102. The molecule has 2 aromatic rings. The Balaban J connectivity index is 1.68. The van der Waals surface area contributed by atoms with Gasteiger partial charge < -0.3 is 10.2 Å². The molecule has 0 unspecified atom stereocenters. The second-order valence-electron chi connectivity index (χ2n) is 5.06. The fourth-order valence-corrected chi connectivity index (χ4v) is 2.65. The first-order chi connectivity index (χ1) is 10.2. The third-order valence-electron chi connectivity index (χ3n) is 3.59. The minimum atomic E-state index is -0.187. The molecule has 1 fully saturated rings. The molecule has 1 aliphatic rings. The monoisotopic (exact) mass is 301 g/mol. The molecular formula is C16H16ClN3O. The maximum absolute atomic E-state index is 12.1. The maximum atomic E-state index is 12.1. The van der Waals surface area contributed by atoms with Crippen molar-refractivity contribution < 1.29 is 4.79 Å². The van der Waals surface area contributed by atoms with Crippen LogP contribution in [0.25, 0.3) is 0 Å². The number of benzene rings is 1. The molecular weight excluding hydrogens is 286 g/mol. The van der Waals surface area contributed by atoms with Crippen LogP contribution in [-0.2, 0) is 0 Å². The summed E-state index contributed by atoms with van der Waals surface area (Å²) in [6.45, 7) is 2.22. The van der Waals surface area contributed by atoms with E-state index in [1.165, 1.54) is 24.7 Å². The predicted octanol–water partition coefficient (Wildman–Crippen LogP) is 3.59. The Hall–Kier alpha value is -2.07. The first-order valence-corrected chi connectivity index (χ1v) is 7.38. The normalized spacial score (nSPS) is 14.2. The van der Waals surface area contributed by atoms with E-state index >= 15 is 0 Å². The highest BCUT2D eigenvalue weighted by Crippen LogP contribution is 2.22. The molecule has 0 bridgehead atoms. The largest absolute Gasteiger partial charge is 0.372 e. The number of carbonyl (C=O) groups excluding carboxylic acids is 1. The van der Waals surface area contributed by atoms with Gasteiger partial charge in [0.2, 0.25) is 0 Å². The molecule has 5 heteroatoms. The van der Waals surface area contributed by atoms with Crippen molar-refractivity contribution in [1.82, 2.24) is 4.98 Å². The van der Waals surface area contributed by atoms with Crippen LogP contribution in [0, 0.1) is 0 Å². The highest BCUT2D eigenvalue weighted by atomic mass is 35.5. The fraction of sp³-hybridized carbons (Fsp3) is 0.250. The van der Waals surface area contributed by atoms with Crippen LogP contribution in [-0.4, -0.2) is 24.0 Å². The number of hydrogen-bond acceptors (Lipinski definition) is 3. The van der Waals surface area contributed by atoms with E-state index in [2.05, 4.69) is 15.2 Å². The number of pyridine rings is 1. The van der Waals surface area contributed by atoms with Crippen LogP contribution in [0.3, 0.4) is 0 Å². The Morgan fingerprint density at radius 3 is 2.52 bits per heavy atom. The van der Waals surface area contributed by atoms with E-state index in [1.807, 2.05) is 24.3 Å². The molecule has 0 spiro atoms. The zero-order valence-electron chi connectivity index (χ0n) is 11.6. The minimum Gasteiger partial charge on any atom is -0.372 e. The van der Waals surface area contributed by atoms with E-state index in [-0.39, 0.29) is 5.91 Å². The average molecular weight is 302 g/mol. The summed E-state index contributed by atoms with van der Waals surface area (Å²) in [5.41, 5.74) is 2.48. The lowest BCUT2D eigenvalue weighted by Gasteiger charge is -2.17. The van der Waals surface area contributed by atoms with Gasteiger partial charge in [0.05, 0.1) is 0 Å². The topological polar surface area (TPSA) is 45.2 Å². The number of amides is 1. The molecule has 4 nitrogen and oxygen atoms in total. The Bertz CT molecular complexity index is 636. The third-order valence-corrected chi connectivity index (χ3v) is 3.79. The van der Waals surface area contributed by atoms with Crippen molar-refractivity contribution in [3.63, 3.8) is 0 Å². The number of hydrogen-bond donors (Lipinski definition) is 1. The zero-order valence-corrected chi connectivity index (χ0v) is 12.3. The number of halogens is 1. The van der Waals surface area contributed by atoms with E-state index in [0.29, 0.717) is 10.7 Å². The first kappa shape index (κ1) is 13.9. The van der Waals surface area contributed by atoms with E-state index in [0.717, 1.165) is 18.8 Å². The summed E-state index contributed by atoms with van der Waals surface area (Å²) in [7, 11) is 0. The Morgan fingerprint density at radius 1 is 1.14 bits per heavy atom. The molecule has 3 rings (SSSR count). The Morgan fingerprint density at radius 2 is 1.86 bits per heavy atom. The van der Waals surface area contributed by atoms with E-state index < -0.39 is 0 Å². The molecule has 21 heavy (non-hydrogen) atoms. The maximum Gasteiger partial charge on any atom is 0.255 e. The van der Waals surface area contributed by atoms with Crippen LogP contribution < -0.4 is 10.2 Å². The van der Waals surface area contributed by atoms with E-state index in [1.54, 1.807) is 12.1 Å². The van der Waals surface area contributed by atoms with Gasteiger partial charge in [0.1, 0.15) is 5.15 Å². The van der Waals surface area contributed by atoms with Crippen LogP contribution in [0.5, 0.6) is 0 Å². The van der Waals surface area contributed by atoms with Crippen LogP contribution in [0.15, 0.2) is 42.6 Å². The highest BCUT2D eigenvalue weighted by molar-refractivity contribution is 6.29. The number of nitrogens with one attached hydrogen (secondary N) is 1. The Labute approximate surface area is 128 Å². The van der Waals surface area contributed by atoms with Crippen molar-refractivity contribution >= 4 is 28.9 Å². The van der Waals surface area contributed by atoms with Gasteiger partial charge in [-0.15, -0.1) is 0 Å². The molecule has 0 atom stereocenters. The van der Waals surface area contributed by atoms with Crippen molar-refractivity contribution in [2.45, 2.75) is 12.8 Å². The molecule has 2 heterocycles. The summed E-state index contributed by atoms with van der Waals surface area (Å²) in [4.78, 5) is 18.3. The van der Waals surface area contributed by atoms with Crippen LogP contribution >= 0.6 is 11.6 Å². The zero-order chi connectivity index (χ0) is 14.7. The summed E-state index contributed by atoms with van der Waals surface area (Å²) in [5, 5.41) is 3.17. The summed E-state index contributed by atoms with van der Waals surface area (Å²) >= 11 is 5.79. The fourth-order valence-electron chi connectivity index (χ4n) is 2.48. The number of rotatable bonds is 3.